The van der Waals surface area contributed by atoms with Gasteiger partial charge in [0.25, 0.3) is 0 Å². The predicted molar refractivity (Wildman–Crippen MR) is 109 cm³/mol. The molecule has 0 saturated carbocycles. The van der Waals surface area contributed by atoms with Gasteiger partial charge in [0.05, 0.1) is 5.75 Å². The SMILES string of the molecule is CCN(C(=O)CSc1ncnc2sc3c(c12)CCC3)c1ccccc1C. The first kappa shape index (κ1) is 17.5. The highest BCUT2D eigenvalue weighted by Gasteiger charge is 2.22. The summed E-state index contributed by atoms with van der Waals surface area (Å²) in [7, 11) is 0. The van der Waals surface area contributed by atoms with E-state index in [9.17, 15) is 4.79 Å². The molecule has 2 heterocycles. The van der Waals surface area contributed by atoms with Crippen molar-refractivity contribution in [2.24, 2.45) is 0 Å². The Kier molecular flexibility index (Phi) is 4.96. The van der Waals surface area contributed by atoms with Gasteiger partial charge < -0.3 is 4.90 Å². The molecule has 134 valence electrons. The topological polar surface area (TPSA) is 46.1 Å². The Morgan fingerprint density at radius 2 is 2.12 bits per heavy atom. The van der Waals surface area contributed by atoms with Crippen LogP contribution < -0.4 is 4.90 Å². The van der Waals surface area contributed by atoms with E-state index in [1.807, 2.05) is 43.0 Å². The van der Waals surface area contributed by atoms with Crippen molar-refractivity contribution in [3.8, 4) is 0 Å². The molecule has 26 heavy (non-hydrogen) atoms. The van der Waals surface area contributed by atoms with Gasteiger partial charge in [0.2, 0.25) is 5.91 Å². The van der Waals surface area contributed by atoms with E-state index in [0.29, 0.717) is 12.3 Å². The third-order valence-corrected chi connectivity index (χ3v) is 7.00. The van der Waals surface area contributed by atoms with E-state index >= 15 is 0 Å². The van der Waals surface area contributed by atoms with Crippen LogP contribution in [0.5, 0.6) is 0 Å². The van der Waals surface area contributed by atoms with Gasteiger partial charge in [-0.3, -0.25) is 4.79 Å². The second-order valence-electron chi connectivity index (χ2n) is 6.43. The fourth-order valence-electron chi connectivity index (χ4n) is 3.56. The number of hydrogen-bond acceptors (Lipinski definition) is 5. The van der Waals surface area contributed by atoms with Crippen molar-refractivity contribution in [1.82, 2.24) is 9.97 Å². The monoisotopic (exact) mass is 383 g/mol. The normalized spacial score (nSPS) is 13.2. The van der Waals surface area contributed by atoms with Gasteiger partial charge in [-0.1, -0.05) is 30.0 Å². The average molecular weight is 384 g/mol. The molecule has 1 amide bonds. The van der Waals surface area contributed by atoms with Gasteiger partial charge in [-0.15, -0.1) is 11.3 Å². The van der Waals surface area contributed by atoms with Crippen LogP contribution in [-0.2, 0) is 17.6 Å². The van der Waals surface area contributed by atoms with Gasteiger partial charge >= 0.3 is 0 Å². The largest absolute Gasteiger partial charge is 0.312 e. The van der Waals surface area contributed by atoms with Gasteiger partial charge in [-0.25, -0.2) is 9.97 Å². The molecule has 4 rings (SSSR count). The lowest BCUT2D eigenvalue weighted by Crippen LogP contribution is -2.32. The molecule has 2 aromatic heterocycles. The fourth-order valence-corrected chi connectivity index (χ4v) is 5.76. The Bertz CT molecular complexity index is 967. The summed E-state index contributed by atoms with van der Waals surface area (Å²) >= 11 is 3.32. The zero-order valence-electron chi connectivity index (χ0n) is 15.0. The van der Waals surface area contributed by atoms with Gasteiger partial charge in [-0.2, -0.15) is 0 Å². The maximum atomic E-state index is 12.9. The smallest absolute Gasteiger partial charge is 0.237 e. The summed E-state index contributed by atoms with van der Waals surface area (Å²) in [5, 5.41) is 2.13. The number of anilines is 1. The van der Waals surface area contributed by atoms with Gasteiger partial charge in [0.15, 0.2) is 0 Å². The molecule has 4 nitrogen and oxygen atoms in total. The van der Waals surface area contributed by atoms with Crippen LogP contribution in [0.4, 0.5) is 5.69 Å². The summed E-state index contributed by atoms with van der Waals surface area (Å²) in [4.78, 5) is 26.2. The standard InChI is InChI=1S/C20H21N3OS2/c1-3-23(15-9-5-4-7-13(15)2)17(24)11-25-19-18-14-8-6-10-16(14)26-20(18)22-12-21-19/h4-5,7,9,12H,3,6,8,10-11H2,1-2H3. The van der Waals surface area contributed by atoms with E-state index in [1.54, 1.807) is 17.7 Å². The lowest BCUT2D eigenvalue weighted by molar-refractivity contribution is -0.116. The molecule has 0 unspecified atom stereocenters. The van der Waals surface area contributed by atoms with Crippen molar-refractivity contribution < 1.29 is 4.79 Å². The summed E-state index contributed by atoms with van der Waals surface area (Å²) in [5.74, 6) is 0.504. The number of aryl methyl sites for hydroxylation is 3. The van der Waals surface area contributed by atoms with Crippen molar-refractivity contribution >= 4 is 44.9 Å². The predicted octanol–water partition coefficient (Wildman–Crippen LogP) is 4.63. The highest BCUT2D eigenvalue weighted by atomic mass is 32.2. The molecule has 0 atom stereocenters. The second-order valence-corrected chi connectivity index (χ2v) is 8.48. The quantitative estimate of drug-likeness (QED) is 0.476. The second kappa shape index (κ2) is 7.37. The molecule has 0 bridgehead atoms. The molecule has 0 spiro atoms. The van der Waals surface area contributed by atoms with Crippen molar-refractivity contribution in [3.63, 3.8) is 0 Å². The minimum atomic E-state index is 0.116. The molecule has 1 aromatic carbocycles. The van der Waals surface area contributed by atoms with E-state index < -0.39 is 0 Å². The number of para-hydroxylation sites is 1. The first-order chi connectivity index (χ1) is 12.7. The van der Waals surface area contributed by atoms with Crippen molar-refractivity contribution in [2.45, 2.75) is 38.1 Å². The summed E-state index contributed by atoms with van der Waals surface area (Å²) in [6.45, 7) is 4.72. The molecule has 0 radical (unpaired) electrons. The number of hydrogen-bond donors (Lipinski definition) is 0. The summed E-state index contributed by atoms with van der Waals surface area (Å²) in [6, 6.07) is 8.03. The van der Waals surface area contributed by atoms with Gasteiger partial charge in [0, 0.05) is 22.5 Å². The number of fused-ring (bicyclic) bond motifs is 3. The highest BCUT2D eigenvalue weighted by molar-refractivity contribution is 8.00. The zero-order chi connectivity index (χ0) is 18.1. The lowest BCUT2D eigenvalue weighted by atomic mass is 10.2. The number of aromatic nitrogens is 2. The van der Waals surface area contributed by atoms with Crippen molar-refractivity contribution in [1.29, 1.82) is 0 Å². The van der Waals surface area contributed by atoms with Crippen LogP contribution in [0, 0.1) is 6.92 Å². The summed E-state index contributed by atoms with van der Waals surface area (Å²) in [5.41, 5.74) is 3.52. The third-order valence-electron chi connectivity index (χ3n) is 4.82. The van der Waals surface area contributed by atoms with Crippen LogP contribution in [0.25, 0.3) is 10.2 Å². The van der Waals surface area contributed by atoms with E-state index in [2.05, 4.69) is 9.97 Å². The Hall–Kier alpha value is -1.92. The Labute approximate surface area is 161 Å². The number of nitrogens with zero attached hydrogens (tertiary/aromatic N) is 3. The van der Waals surface area contributed by atoms with E-state index in [0.717, 1.165) is 33.9 Å². The molecule has 0 fully saturated rings. The molecule has 0 aliphatic heterocycles. The Morgan fingerprint density at radius 1 is 1.27 bits per heavy atom. The van der Waals surface area contributed by atoms with Gasteiger partial charge in [0.1, 0.15) is 16.2 Å². The summed E-state index contributed by atoms with van der Waals surface area (Å²) < 4.78 is 0. The van der Waals surface area contributed by atoms with Crippen LogP contribution in [0.15, 0.2) is 35.6 Å². The number of carbonyl (C=O) groups excluding carboxylic acids is 1. The number of thioether (sulfide) groups is 1. The zero-order valence-corrected chi connectivity index (χ0v) is 16.6. The molecule has 0 saturated heterocycles. The highest BCUT2D eigenvalue weighted by Crippen LogP contribution is 2.40. The minimum absolute atomic E-state index is 0.116. The number of amides is 1. The number of carbonyl (C=O) groups is 1. The molecular formula is C20H21N3OS2. The molecular weight excluding hydrogens is 362 g/mol. The third kappa shape index (κ3) is 3.12. The minimum Gasteiger partial charge on any atom is -0.312 e. The van der Waals surface area contributed by atoms with Crippen LogP contribution in [0.3, 0.4) is 0 Å². The average Bonchev–Trinajstić information content (AvgIpc) is 3.23. The van der Waals surface area contributed by atoms with Crippen LogP contribution in [0.2, 0.25) is 0 Å². The maximum Gasteiger partial charge on any atom is 0.237 e. The fraction of sp³-hybridized carbons (Fsp3) is 0.350. The number of thiophene rings is 1. The molecule has 0 N–H and O–H groups in total. The Morgan fingerprint density at radius 3 is 2.92 bits per heavy atom. The lowest BCUT2D eigenvalue weighted by Gasteiger charge is -2.22. The van der Waals surface area contributed by atoms with Crippen LogP contribution in [-0.4, -0.2) is 28.2 Å². The molecule has 1 aliphatic carbocycles. The van der Waals surface area contributed by atoms with Crippen LogP contribution in [0.1, 0.15) is 29.3 Å². The number of rotatable bonds is 5. The molecule has 1 aliphatic rings. The van der Waals surface area contributed by atoms with Gasteiger partial charge in [-0.05, 0) is 50.3 Å². The summed E-state index contributed by atoms with van der Waals surface area (Å²) in [6.07, 6.45) is 5.09. The van der Waals surface area contributed by atoms with E-state index in [4.69, 9.17) is 0 Å². The van der Waals surface area contributed by atoms with Crippen LogP contribution >= 0.6 is 23.1 Å². The molecule has 3 aromatic rings. The molecule has 6 heteroatoms. The first-order valence-electron chi connectivity index (χ1n) is 8.93. The Balaban J connectivity index is 1.56. The van der Waals surface area contributed by atoms with Crippen molar-refractivity contribution in [2.75, 3.05) is 17.2 Å². The van der Waals surface area contributed by atoms with E-state index in [-0.39, 0.29) is 5.91 Å². The maximum absolute atomic E-state index is 12.9. The first-order valence-corrected chi connectivity index (χ1v) is 10.7. The number of benzene rings is 1. The van der Waals surface area contributed by atoms with E-state index in [1.165, 1.54) is 34.0 Å². The van der Waals surface area contributed by atoms with Crippen molar-refractivity contribution in [3.05, 3.63) is 46.6 Å².